The Hall–Kier alpha value is -3.10. The molecule has 0 aliphatic rings. The molecule has 0 bridgehead atoms. The van der Waals surface area contributed by atoms with Crippen LogP contribution in [0.25, 0.3) is 5.65 Å². The van der Waals surface area contributed by atoms with Gasteiger partial charge in [-0.2, -0.15) is 22.8 Å². The first-order valence-corrected chi connectivity index (χ1v) is 8.09. The maximum Gasteiger partial charge on any atom is 0.416 e. The van der Waals surface area contributed by atoms with Crippen LogP contribution >= 0.6 is 0 Å². The van der Waals surface area contributed by atoms with E-state index in [1.807, 2.05) is 0 Å². The molecule has 27 heavy (non-hydrogen) atoms. The number of carbonyl (C=O) groups excluding carboxylic acids is 1. The number of hydrogen-bond donors (Lipinski definition) is 1. The number of ether oxygens (including phenoxy) is 1. The molecule has 0 unspecified atom stereocenters. The lowest BCUT2D eigenvalue weighted by Gasteiger charge is -2.14. The van der Waals surface area contributed by atoms with Crippen molar-refractivity contribution in [2.24, 2.45) is 0 Å². The smallest absolute Gasteiger partial charge is 0.416 e. The number of aromatic hydroxyl groups is 1. The van der Waals surface area contributed by atoms with E-state index < -0.39 is 23.8 Å². The fraction of sp³-hybridized carbons (Fsp3) is 0.278. The van der Waals surface area contributed by atoms with Crippen LogP contribution in [-0.4, -0.2) is 31.8 Å². The zero-order valence-corrected chi connectivity index (χ0v) is 14.5. The zero-order chi connectivity index (χ0) is 19.8. The summed E-state index contributed by atoms with van der Waals surface area (Å²) in [4.78, 5) is 16.6. The molecule has 0 radical (unpaired) electrons. The maximum atomic E-state index is 13.0. The summed E-state index contributed by atoms with van der Waals surface area (Å²) in [6, 6.07) is 6.14. The number of aromatic nitrogens is 3. The highest BCUT2D eigenvalue weighted by atomic mass is 19.4. The molecular weight excluding hydrogens is 363 g/mol. The predicted octanol–water partition coefficient (Wildman–Crippen LogP) is 3.61. The summed E-state index contributed by atoms with van der Waals surface area (Å²) in [5.41, 5.74) is -0.468. The van der Waals surface area contributed by atoms with Crippen molar-refractivity contribution in [3.8, 4) is 5.88 Å². The van der Waals surface area contributed by atoms with Crippen molar-refractivity contribution in [3.05, 3.63) is 58.9 Å². The molecule has 142 valence electrons. The minimum absolute atomic E-state index is 0.0381. The van der Waals surface area contributed by atoms with Gasteiger partial charge in [-0.3, -0.25) is 0 Å². The van der Waals surface area contributed by atoms with Gasteiger partial charge in [0.15, 0.2) is 11.3 Å². The molecule has 0 spiro atoms. The van der Waals surface area contributed by atoms with Crippen LogP contribution in [0, 0.1) is 0 Å². The van der Waals surface area contributed by atoms with Crippen molar-refractivity contribution >= 4 is 11.6 Å². The standard InChI is InChI=1S/C18H16F3N3O3/c1-10(2)27-17(26)15-13(16(25)24-14(23-15)6-7-22-24)9-11-4-3-5-12(8-11)18(19,20)21/h3-8,10,25H,9H2,1-2H3. The molecule has 0 saturated heterocycles. The summed E-state index contributed by atoms with van der Waals surface area (Å²) in [6.07, 6.45) is -3.69. The van der Waals surface area contributed by atoms with Crippen LogP contribution in [0.3, 0.4) is 0 Å². The first-order chi connectivity index (χ1) is 12.7. The van der Waals surface area contributed by atoms with Crippen LogP contribution in [-0.2, 0) is 17.3 Å². The van der Waals surface area contributed by atoms with E-state index >= 15 is 0 Å². The summed E-state index contributed by atoms with van der Waals surface area (Å²) in [5, 5.41) is 14.4. The van der Waals surface area contributed by atoms with E-state index in [-0.39, 0.29) is 34.8 Å². The van der Waals surface area contributed by atoms with Crippen molar-refractivity contribution < 1.29 is 27.8 Å². The number of esters is 1. The number of nitrogens with zero attached hydrogens (tertiary/aromatic N) is 3. The van der Waals surface area contributed by atoms with E-state index in [0.29, 0.717) is 0 Å². The Kier molecular flexibility index (Phi) is 4.77. The number of benzene rings is 1. The molecule has 9 heteroatoms. The first-order valence-electron chi connectivity index (χ1n) is 8.09. The van der Waals surface area contributed by atoms with E-state index in [4.69, 9.17) is 4.74 Å². The number of carbonyl (C=O) groups is 1. The zero-order valence-electron chi connectivity index (χ0n) is 14.5. The molecular formula is C18H16F3N3O3. The third kappa shape index (κ3) is 3.86. The van der Waals surface area contributed by atoms with Gasteiger partial charge < -0.3 is 9.84 Å². The minimum Gasteiger partial charge on any atom is -0.493 e. The number of rotatable bonds is 4. The topological polar surface area (TPSA) is 76.7 Å². The second-order valence-electron chi connectivity index (χ2n) is 6.19. The SMILES string of the molecule is CC(C)OC(=O)c1nc2ccnn2c(O)c1Cc1cccc(C(F)(F)F)c1. The molecule has 0 amide bonds. The van der Waals surface area contributed by atoms with E-state index in [1.54, 1.807) is 13.8 Å². The summed E-state index contributed by atoms with van der Waals surface area (Å²) in [7, 11) is 0. The van der Waals surface area contributed by atoms with Gasteiger partial charge in [0.05, 0.1) is 23.4 Å². The molecule has 0 aliphatic heterocycles. The average Bonchev–Trinajstić information content (AvgIpc) is 3.05. The van der Waals surface area contributed by atoms with Gasteiger partial charge in [-0.1, -0.05) is 18.2 Å². The van der Waals surface area contributed by atoms with Gasteiger partial charge in [-0.15, -0.1) is 0 Å². The highest BCUT2D eigenvalue weighted by molar-refractivity contribution is 5.90. The number of fused-ring (bicyclic) bond motifs is 1. The van der Waals surface area contributed by atoms with Crippen molar-refractivity contribution in [3.63, 3.8) is 0 Å². The molecule has 0 saturated carbocycles. The molecule has 0 atom stereocenters. The Morgan fingerprint density at radius 1 is 1.30 bits per heavy atom. The van der Waals surface area contributed by atoms with Crippen LogP contribution in [0.15, 0.2) is 36.5 Å². The average molecular weight is 379 g/mol. The lowest BCUT2D eigenvalue weighted by Crippen LogP contribution is -2.17. The van der Waals surface area contributed by atoms with Crippen molar-refractivity contribution in [1.82, 2.24) is 14.6 Å². The Balaban J connectivity index is 2.09. The minimum atomic E-state index is -4.50. The summed E-state index contributed by atoms with van der Waals surface area (Å²) >= 11 is 0. The molecule has 3 rings (SSSR count). The molecule has 2 aromatic heterocycles. The van der Waals surface area contributed by atoms with Crippen LogP contribution in [0.2, 0.25) is 0 Å². The molecule has 0 fully saturated rings. The van der Waals surface area contributed by atoms with Crippen LogP contribution < -0.4 is 0 Å². The van der Waals surface area contributed by atoms with Gasteiger partial charge in [0.1, 0.15) is 0 Å². The highest BCUT2D eigenvalue weighted by Crippen LogP contribution is 2.31. The van der Waals surface area contributed by atoms with Crippen molar-refractivity contribution in [1.29, 1.82) is 0 Å². The Morgan fingerprint density at radius 3 is 2.70 bits per heavy atom. The van der Waals surface area contributed by atoms with Crippen LogP contribution in [0.1, 0.15) is 41.0 Å². The number of alkyl halides is 3. The van der Waals surface area contributed by atoms with E-state index in [9.17, 15) is 23.1 Å². The highest BCUT2D eigenvalue weighted by Gasteiger charge is 2.31. The lowest BCUT2D eigenvalue weighted by atomic mass is 10.0. The molecule has 1 N–H and O–H groups in total. The van der Waals surface area contributed by atoms with E-state index in [2.05, 4.69) is 10.1 Å². The second-order valence-corrected chi connectivity index (χ2v) is 6.19. The van der Waals surface area contributed by atoms with Gasteiger partial charge in [0.25, 0.3) is 0 Å². The monoisotopic (exact) mass is 379 g/mol. The fourth-order valence-corrected chi connectivity index (χ4v) is 2.62. The largest absolute Gasteiger partial charge is 0.493 e. The van der Waals surface area contributed by atoms with E-state index in [0.717, 1.165) is 16.6 Å². The Morgan fingerprint density at radius 2 is 2.04 bits per heavy atom. The molecule has 6 nitrogen and oxygen atoms in total. The van der Waals surface area contributed by atoms with Crippen LogP contribution in [0.4, 0.5) is 13.2 Å². The van der Waals surface area contributed by atoms with Gasteiger partial charge in [0.2, 0.25) is 5.88 Å². The molecule has 0 aliphatic carbocycles. The van der Waals surface area contributed by atoms with Gasteiger partial charge >= 0.3 is 12.1 Å². The number of halogens is 3. The molecule has 2 heterocycles. The molecule has 1 aromatic carbocycles. The summed E-state index contributed by atoms with van der Waals surface area (Å²) in [6.45, 7) is 3.31. The maximum absolute atomic E-state index is 13.0. The van der Waals surface area contributed by atoms with Gasteiger partial charge in [0, 0.05) is 12.5 Å². The normalized spacial score (nSPS) is 11.9. The van der Waals surface area contributed by atoms with Crippen molar-refractivity contribution in [2.75, 3.05) is 0 Å². The third-order valence-corrected chi connectivity index (χ3v) is 3.78. The van der Waals surface area contributed by atoms with E-state index in [1.165, 1.54) is 24.4 Å². The van der Waals surface area contributed by atoms with Crippen LogP contribution in [0.5, 0.6) is 5.88 Å². The molecule has 3 aromatic rings. The third-order valence-electron chi connectivity index (χ3n) is 3.78. The summed E-state index contributed by atoms with van der Waals surface area (Å²) < 4.78 is 45.1. The Bertz CT molecular complexity index is 996. The lowest BCUT2D eigenvalue weighted by molar-refractivity contribution is -0.137. The first kappa shape index (κ1) is 18.7. The fourth-order valence-electron chi connectivity index (χ4n) is 2.62. The number of hydrogen-bond acceptors (Lipinski definition) is 5. The quantitative estimate of drug-likeness (QED) is 0.701. The second kappa shape index (κ2) is 6.90. The summed E-state index contributed by atoms with van der Waals surface area (Å²) in [5.74, 6) is -1.15. The Labute approximate surface area is 152 Å². The van der Waals surface area contributed by atoms with Crippen molar-refractivity contribution in [2.45, 2.75) is 32.5 Å². The van der Waals surface area contributed by atoms with Gasteiger partial charge in [-0.05, 0) is 25.5 Å². The van der Waals surface area contributed by atoms with Gasteiger partial charge in [-0.25, -0.2) is 9.78 Å². The predicted molar refractivity (Wildman–Crippen MR) is 89.5 cm³/mol.